The number of rotatable bonds is 13. The molecule has 0 spiro atoms. The van der Waals surface area contributed by atoms with Gasteiger partial charge in [0.05, 0.1) is 17.7 Å². The van der Waals surface area contributed by atoms with Crippen LogP contribution in [0.25, 0.3) is 0 Å². The van der Waals surface area contributed by atoms with Gasteiger partial charge in [-0.2, -0.15) is 0 Å². The molecule has 0 heterocycles. The van der Waals surface area contributed by atoms with Crippen molar-refractivity contribution in [3.8, 4) is 5.75 Å². The number of methoxy groups -OCH3 is 1. The number of para-hydroxylation sites is 1. The van der Waals surface area contributed by atoms with Crippen LogP contribution >= 0.6 is 15.9 Å². The summed E-state index contributed by atoms with van der Waals surface area (Å²) < 4.78 is 35.1. The van der Waals surface area contributed by atoms with E-state index in [-0.39, 0.29) is 23.8 Å². The monoisotopic (exact) mass is 663 g/mol. The molecule has 0 aliphatic carbocycles. The molecule has 0 aliphatic heterocycles. The predicted octanol–water partition coefficient (Wildman–Crippen LogP) is 5.43. The summed E-state index contributed by atoms with van der Waals surface area (Å²) in [6, 6.07) is 30.5. The minimum atomic E-state index is -4.18. The van der Waals surface area contributed by atoms with Gasteiger partial charge in [0.15, 0.2) is 0 Å². The van der Waals surface area contributed by atoms with Gasteiger partial charge in [0, 0.05) is 24.0 Å². The van der Waals surface area contributed by atoms with Crippen LogP contribution in [0.15, 0.2) is 119 Å². The van der Waals surface area contributed by atoms with Crippen molar-refractivity contribution in [1.82, 2.24) is 10.2 Å². The van der Waals surface area contributed by atoms with Gasteiger partial charge >= 0.3 is 0 Å². The molecule has 0 radical (unpaired) electrons. The number of nitrogens with one attached hydrogen (secondary N) is 1. The van der Waals surface area contributed by atoms with Crippen molar-refractivity contribution in [2.24, 2.45) is 0 Å². The van der Waals surface area contributed by atoms with Crippen molar-refractivity contribution < 1.29 is 22.7 Å². The van der Waals surface area contributed by atoms with Gasteiger partial charge in [-0.3, -0.25) is 13.9 Å². The Morgan fingerprint density at radius 1 is 0.860 bits per heavy atom. The molecule has 4 aromatic carbocycles. The second-order valence-electron chi connectivity index (χ2n) is 9.77. The van der Waals surface area contributed by atoms with E-state index in [2.05, 4.69) is 21.2 Å². The minimum Gasteiger partial charge on any atom is -0.497 e. The number of amides is 2. The average molecular weight is 665 g/mol. The van der Waals surface area contributed by atoms with E-state index in [1.807, 2.05) is 61.5 Å². The third-order valence-electron chi connectivity index (χ3n) is 6.83. The highest BCUT2D eigenvalue weighted by molar-refractivity contribution is 9.10. The van der Waals surface area contributed by atoms with E-state index in [4.69, 9.17) is 4.74 Å². The quantitative estimate of drug-likeness (QED) is 0.206. The maximum absolute atomic E-state index is 14.3. The Bertz CT molecular complexity index is 1620. The Kier molecular flexibility index (Phi) is 11.0. The molecular formula is C33H34BrN3O5S. The van der Waals surface area contributed by atoms with Gasteiger partial charge in [-0.15, -0.1) is 0 Å². The van der Waals surface area contributed by atoms with Crippen LogP contribution in [0, 0.1) is 0 Å². The van der Waals surface area contributed by atoms with Gasteiger partial charge in [0.1, 0.15) is 18.3 Å². The number of sulfonamides is 1. The maximum Gasteiger partial charge on any atom is 0.264 e. The first-order valence-corrected chi connectivity index (χ1v) is 16.0. The first-order chi connectivity index (χ1) is 20.7. The van der Waals surface area contributed by atoms with Crippen LogP contribution in [-0.4, -0.2) is 51.4 Å². The topological polar surface area (TPSA) is 96.0 Å². The summed E-state index contributed by atoms with van der Waals surface area (Å²) >= 11 is 3.49. The number of benzene rings is 4. The van der Waals surface area contributed by atoms with Crippen LogP contribution in [-0.2, 0) is 32.6 Å². The number of anilines is 1. The molecule has 1 unspecified atom stereocenters. The van der Waals surface area contributed by atoms with Crippen LogP contribution in [0.2, 0.25) is 0 Å². The normalized spacial score (nSPS) is 11.8. The van der Waals surface area contributed by atoms with Crippen molar-refractivity contribution in [1.29, 1.82) is 0 Å². The van der Waals surface area contributed by atoms with Gasteiger partial charge in [0.25, 0.3) is 10.0 Å². The second kappa shape index (κ2) is 14.8. The molecule has 0 aliphatic rings. The zero-order valence-electron chi connectivity index (χ0n) is 24.0. The minimum absolute atomic E-state index is 0.00746. The molecule has 0 saturated heterocycles. The summed E-state index contributed by atoms with van der Waals surface area (Å²) in [5, 5.41) is 2.86. The molecule has 224 valence electrons. The molecule has 1 atom stereocenters. The molecule has 0 saturated carbocycles. The molecule has 4 rings (SSSR count). The van der Waals surface area contributed by atoms with Crippen molar-refractivity contribution in [2.75, 3.05) is 24.5 Å². The number of hydrogen-bond donors (Lipinski definition) is 1. The highest BCUT2D eigenvalue weighted by Gasteiger charge is 2.34. The number of nitrogens with zero attached hydrogens (tertiary/aromatic N) is 2. The zero-order chi connectivity index (χ0) is 30.8. The molecule has 2 amide bonds. The summed E-state index contributed by atoms with van der Waals surface area (Å²) in [6.45, 7) is 1.77. The molecule has 4 aromatic rings. The average Bonchev–Trinajstić information content (AvgIpc) is 3.02. The van der Waals surface area contributed by atoms with Crippen molar-refractivity contribution in [2.45, 2.75) is 30.8 Å². The van der Waals surface area contributed by atoms with Gasteiger partial charge in [-0.05, 0) is 66.6 Å². The number of ether oxygens (including phenoxy) is 1. The van der Waals surface area contributed by atoms with E-state index in [1.165, 1.54) is 24.1 Å². The molecule has 0 aromatic heterocycles. The lowest BCUT2D eigenvalue weighted by Gasteiger charge is -2.33. The second-order valence-corrected chi connectivity index (χ2v) is 12.6. The van der Waals surface area contributed by atoms with E-state index >= 15 is 0 Å². The zero-order valence-corrected chi connectivity index (χ0v) is 26.4. The number of likely N-dealkylation sites (N-methyl/N-ethyl adjacent to an activating group) is 1. The van der Waals surface area contributed by atoms with E-state index in [1.54, 1.807) is 42.5 Å². The smallest absolute Gasteiger partial charge is 0.264 e. The fourth-order valence-electron chi connectivity index (χ4n) is 4.68. The lowest BCUT2D eigenvalue weighted by atomic mass is 10.0. The highest BCUT2D eigenvalue weighted by Crippen LogP contribution is 2.26. The number of halogens is 1. The van der Waals surface area contributed by atoms with E-state index in [0.29, 0.717) is 18.0 Å². The Balaban J connectivity index is 1.77. The lowest BCUT2D eigenvalue weighted by molar-refractivity contribution is -0.140. The predicted molar refractivity (Wildman–Crippen MR) is 171 cm³/mol. The van der Waals surface area contributed by atoms with E-state index in [0.717, 1.165) is 19.9 Å². The Morgan fingerprint density at radius 3 is 2.09 bits per heavy atom. The van der Waals surface area contributed by atoms with Crippen LogP contribution in [0.3, 0.4) is 0 Å². The Morgan fingerprint density at radius 2 is 1.49 bits per heavy atom. The summed E-state index contributed by atoms with van der Waals surface area (Å²) in [6.07, 6.45) is 0.253. The van der Waals surface area contributed by atoms with E-state index in [9.17, 15) is 18.0 Å². The van der Waals surface area contributed by atoms with Crippen molar-refractivity contribution in [3.05, 3.63) is 125 Å². The van der Waals surface area contributed by atoms with Crippen molar-refractivity contribution in [3.63, 3.8) is 0 Å². The first-order valence-electron chi connectivity index (χ1n) is 13.8. The van der Waals surface area contributed by atoms with E-state index < -0.39 is 28.5 Å². The third kappa shape index (κ3) is 8.24. The molecular weight excluding hydrogens is 630 g/mol. The standard InChI is InChI=1S/C33H34BrN3O5S/c1-3-35-33(39)31(22-25-11-6-4-7-12-25)36(23-26-13-10-14-27(34)21-26)32(38)24-37(28-15-8-5-9-16-28)43(40,41)30-19-17-29(42-2)18-20-30/h4-21,31H,3,22-24H2,1-2H3,(H,35,39). The summed E-state index contributed by atoms with van der Waals surface area (Å²) in [5.41, 5.74) is 1.98. The van der Waals surface area contributed by atoms with Gasteiger partial charge in [-0.25, -0.2) is 8.42 Å². The molecule has 1 N–H and O–H groups in total. The summed E-state index contributed by atoms with van der Waals surface area (Å²) in [7, 11) is -2.68. The summed E-state index contributed by atoms with van der Waals surface area (Å²) in [5.74, 6) is -0.334. The highest BCUT2D eigenvalue weighted by atomic mass is 79.9. The Labute approximate surface area is 261 Å². The van der Waals surface area contributed by atoms with Crippen LogP contribution in [0.1, 0.15) is 18.1 Å². The first kappa shape index (κ1) is 31.8. The van der Waals surface area contributed by atoms with Gasteiger partial charge < -0.3 is 15.0 Å². The SMILES string of the molecule is CCNC(=O)C(Cc1ccccc1)N(Cc1cccc(Br)c1)C(=O)CN(c1ccccc1)S(=O)(=O)c1ccc(OC)cc1. The largest absolute Gasteiger partial charge is 0.497 e. The summed E-state index contributed by atoms with van der Waals surface area (Å²) in [4.78, 5) is 29.3. The Hall–Kier alpha value is -4.15. The van der Waals surface area contributed by atoms with Gasteiger partial charge in [-0.1, -0.05) is 76.6 Å². The number of carbonyl (C=O) groups is 2. The van der Waals surface area contributed by atoms with Crippen LogP contribution in [0.5, 0.6) is 5.75 Å². The molecule has 0 bridgehead atoms. The molecule has 8 nitrogen and oxygen atoms in total. The number of hydrogen-bond acceptors (Lipinski definition) is 5. The van der Waals surface area contributed by atoms with Crippen LogP contribution in [0.4, 0.5) is 5.69 Å². The molecule has 10 heteroatoms. The fourth-order valence-corrected chi connectivity index (χ4v) is 6.54. The fraction of sp³-hybridized carbons (Fsp3) is 0.212. The number of carbonyl (C=O) groups excluding carboxylic acids is 2. The third-order valence-corrected chi connectivity index (χ3v) is 9.12. The van der Waals surface area contributed by atoms with Crippen LogP contribution < -0.4 is 14.4 Å². The lowest BCUT2D eigenvalue weighted by Crippen LogP contribution is -2.53. The van der Waals surface area contributed by atoms with Gasteiger partial charge in [0.2, 0.25) is 11.8 Å². The van der Waals surface area contributed by atoms with Crippen molar-refractivity contribution >= 4 is 43.5 Å². The molecule has 0 fully saturated rings. The maximum atomic E-state index is 14.3. The molecule has 43 heavy (non-hydrogen) atoms.